The molecule has 0 aromatic carbocycles. The van der Waals surface area contributed by atoms with Crippen LogP contribution < -0.4 is 0 Å². The van der Waals surface area contributed by atoms with Crippen LogP contribution in [0.25, 0.3) is 0 Å². The van der Waals surface area contributed by atoms with Gasteiger partial charge in [0.05, 0.1) is 30.7 Å². The maximum absolute atomic E-state index is 13.3. The maximum atomic E-state index is 13.3. The van der Waals surface area contributed by atoms with E-state index in [4.69, 9.17) is 4.74 Å². The quantitative estimate of drug-likeness (QED) is 0.808. The van der Waals surface area contributed by atoms with E-state index in [1.54, 1.807) is 11.9 Å². The van der Waals surface area contributed by atoms with Crippen LogP contribution >= 0.6 is 0 Å². The molecule has 0 saturated carbocycles. The first-order valence-electron chi connectivity index (χ1n) is 9.97. The minimum absolute atomic E-state index is 0.0418. The molecule has 1 aromatic rings. The van der Waals surface area contributed by atoms with Crippen molar-refractivity contribution >= 4 is 11.8 Å². The number of likely N-dealkylation sites (tertiary alicyclic amines) is 2. The Morgan fingerprint density at radius 2 is 2.19 bits per heavy atom. The first-order valence-corrected chi connectivity index (χ1v) is 9.97. The van der Waals surface area contributed by atoms with Gasteiger partial charge in [0.1, 0.15) is 5.60 Å². The number of piperidine rings is 1. The van der Waals surface area contributed by atoms with Crippen molar-refractivity contribution in [1.82, 2.24) is 20.0 Å². The van der Waals surface area contributed by atoms with Gasteiger partial charge < -0.3 is 14.5 Å². The fourth-order valence-electron chi connectivity index (χ4n) is 5.53. The number of carbonyl (C=O) groups is 2. The van der Waals surface area contributed by atoms with E-state index in [9.17, 15) is 9.59 Å². The molecule has 4 aliphatic heterocycles. The topological polar surface area (TPSA) is 78.5 Å². The SMILES string of the molecule is CCc1cn[nH]c1C1CCN(C(=O)[C@H]2[C@H]3C(=O)N(C)C[C@]34C=C[C@H]2O4)CC1. The molecule has 5 heterocycles. The molecule has 0 unspecified atom stereocenters. The lowest BCUT2D eigenvalue weighted by molar-refractivity contribution is -0.143. The zero-order chi connectivity index (χ0) is 18.8. The first-order chi connectivity index (χ1) is 13.0. The second kappa shape index (κ2) is 5.92. The van der Waals surface area contributed by atoms with Crippen molar-refractivity contribution in [2.45, 2.75) is 43.8 Å². The predicted octanol–water partition coefficient (Wildman–Crippen LogP) is 1.09. The highest BCUT2D eigenvalue weighted by Gasteiger charge is 2.66. The standard InChI is InChI=1S/C20H26N4O3/c1-3-12-10-21-22-17(12)13-5-8-24(9-6-13)18(25)15-14-4-7-20(27-14)11-23(2)19(26)16(15)20/h4,7,10,13-16H,3,5-6,8-9,11H2,1-2H3,(H,21,22)/t14-,15-,16+,20-/m1/s1. The predicted molar refractivity (Wildman–Crippen MR) is 97.9 cm³/mol. The summed E-state index contributed by atoms with van der Waals surface area (Å²) in [6.07, 6.45) is 8.47. The smallest absolute Gasteiger partial charge is 0.229 e. The highest BCUT2D eigenvalue weighted by atomic mass is 16.5. The number of hydrogen-bond acceptors (Lipinski definition) is 4. The van der Waals surface area contributed by atoms with E-state index in [2.05, 4.69) is 17.1 Å². The molecular formula is C20H26N4O3. The Labute approximate surface area is 158 Å². The zero-order valence-corrected chi connectivity index (χ0v) is 15.9. The lowest BCUT2D eigenvalue weighted by Crippen LogP contribution is -2.48. The van der Waals surface area contributed by atoms with Crippen LogP contribution in [0.3, 0.4) is 0 Å². The second-order valence-electron chi connectivity index (χ2n) is 8.36. The van der Waals surface area contributed by atoms with E-state index in [1.165, 1.54) is 11.3 Å². The van der Waals surface area contributed by atoms with Gasteiger partial charge in [-0.2, -0.15) is 5.10 Å². The number of ether oxygens (including phenoxy) is 1. The Balaban J connectivity index is 1.30. The Morgan fingerprint density at radius 1 is 1.41 bits per heavy atom. The van der Waals surface area contributed by atoms with E-state index in [0.29, 0.717) is 12.5 Å². The highest BCUT2D eigenvalue weighted by molar-refractivity contribution is 5.92. The van der Waals surface area contributed by atoms with Crippen LogP contribution in [0.4, 0.5) is 0 Å². The molecule has 4 aliphatic rings. The number of carbonyl (C=O) groups excluding carboxylic acids is 2. The Bertz CT molecular complexity index is 810. The van der Waals surface area contributed by atoms with Crippen LogP contribution in [0, 0.1) is 11.8 Å². The minimum Gasteiger partial charge on any atom is -0.360 e. The lowest BCUT2D eigenvalue weighted by Gasteiger charge is -2.35. The number of rotatable bonds is 3. The summed E-state index contributed by atoms with van der Waals surface area (Å²) in [6, 6.07) is 0. The number of amides is 2. The number of nitrogens with zero attached hydrogens (tertiary/aromatic N) is 3. The molecule has 2 bridgehead atoms. The fraction of sp³-hybridized carbons (Fsp3) is 0.650. The molecule has 5 rings (SSSR count). The number of nitrogens with one attached hydrogen (secondary N) is 1. The van der Waals surface area contributed by atoms with E-state index in [-0.39, 0.29) is 29.8 Å². The van der Waals surface area contributed by atoms with Crippen LogP contribution in [-0.4, -0.2) is 70.2 Å². The molecule has 1 N–H and O–H groups in total. The zero-order valence-electron chi connectivity index (χ0n) is 15.9. The third-order valence-electron chi connectivity index (χ3n) is 6.92. The molecule has 7 heteroatoms. The monoisotopic (exact) mass is 370 g/mol. The number of likely N-dealkylation sites (N-methyl/N-ethyl adjacent to an activating group) is 1. The number of aromatic nitrogens is 2. The van der Waals surface area contributed by atoms with Crippen LogP contribution in [0.2, 0.25) is 0 Å². The van der Waals surface area contributed by atoms with Crippen molar-refractivity contribution in [2.75, 3.05) is 26.7 Å². The van der Waals surface area contributed by atoms with Gasteiger partial charge in [-0.05, 0) is 24.8 Å². The molecule has 1 aromatic heterocycles. The summed E-state index contributed by atoms with van der Waals surface area (Å²) in [7, 11) is 1.79. The van der Waals surface area contributed by atoms with Gasteiger partial charge in [0, 0.05) is 31.7 Å². The summed E-state index contributed by atoms with van der Waals surface area (Å²) in [5, 5.41) is 7.35. The molecular weight excluding hydrogens is 344 g/mol. The molecule has 1 spiro atoms. The van der Waals surface area contributed by atoms with Gasteiger partial charge in [-0.1, -0.05) is 19.1 Å². The number of H-pyrrole nitrogens is 1. The first kappa shape index (κ1) is 17.0. The molecule has 7 nitrogen and oxygen atoms in total. The highest BCUT2D eigenvalue weighted by Crippen LogP contribution is 2.52. The Morgan fingerprint density at radius 3 is 2.93 bits per heavy atom. The van der Waals surface area contributed by atoms with Crippen molar-refractivity contribution in [3.63, 3.8) is 0 Å². The number of fused-ring (bicyclic) bond motifs is 1. The Kier molecular flexibility index (Phi) is 3.73. The van der Waals surface area contributed by atoms with E-state index < -0.39 is 5.60 Å². The molecule has 2 amide bonds. The van der Waals surface area contributed by atoms with Gasteiger partial charge in [0.15, 0.2) is 0 Å². The normalized spacial score (nSPS) is 35.3. The van der Waals surface area contributed by atoms with Crippen LogP contribution in [0.15, 0.2) is 18.3 Å². The van der Waals surface area contributed by atoms with Gasteiger partial charge >= 0.3 is 0 Å². The molecule has 4 atom stereocenters. The van der Waals surface area contributed by atoms with Crippen LogP contribution in [-0.2, 0) is 20.7 Å². The van der Waals surface area contributed by atoms with Crippen LogP contribution in [0.5, 0.6) is 0 Å². The molecule has 3 fully saturated rings. The summed E-state index contributed by atoms with van der Waals surface area (Å²) in [4.78, 5) is 29.6. The fourth-order valence-corrected chi connectivity index (χ4v) is 5.53. The third-order valence-corrected chi connectivity index (χ3v) is 6.92. The molecule has 0 aliphatic carbocycles. The van der Waals surface area contributed by atoms with Gasteiger partial charge in [0.25, 0.3) is 0 Å². The lowest BCUT2D eigenvalue weighted by atomic mass is 9.76. The van der Waals surface area contributed by atoms with Crippen molar-refractivity contribution in [2.24, 2.45) is 11.8 Å². The summed E-state index contributed by atoms with van der Waals surface area (Å²) in [6.45, 7) is 4.14. The maximum Gasteiger partial charge on any atom is 0.229 e. The number of aryl methyl sites for hydroxylation is 1. The largest absolute Gasteiger partial charge is 0.360 e. The van der Waals surface area contributed by atoms with Crippen molar-refractivity contribution in [3.8, 4) is 0 Å². The van der Waals surface area contributed by atoms with E-state index in [1.807, 2.05) is 23.2 Å². The van der Waals surface area contributed by atoms with Gasteiger partial charge in [0.2, 0.25) is 11.8 Å². The van der Waals surface area contributed by atoms with E-state index >= 15 is 0 Å². The average Bonchev–Trinajstić information content (AvgIpc) is 3.42. The summed E-state index contributed by atoms with van der Waals surface area (Å²) < 4.78 is 6.13. The summed E-state index contributed by atoms with van der Waals surface area (Å²) >= 11 is 0. The minimum atomic E-state index is -0.582. The van der Waals surface area contributed by atoms with E-state index in [0.717, 1.165) is 32.4 Å². The summed E-state index contributed by atoms with van der Waals surface area (Å²) in [5.74, 6) is -0.184. The molecule has 27 heavy (non-hydrogen) atoms. The van der Waals surface area contributed by atoms with Crippen molar-refractivity contribution in [1.29, 1.82) is 0 Å². The summed E-state index contributed by atoms with van der Waals surface area (Å²) in [5.41, 5.74) is 1.91. The number of aromatic amines is 1. The second-order valence-corrected chi connectivity index (χ2v) is 8.36. The molecule has 3 saturated heterocycles. The third kappa shape index (κ3) is 2.33. The van der Waals surface area contributed by atoms with Gasteiger partial charge in [-0.25, -0.2) is 0 Å². The molecule has 0 radical (unpaired) electrons. The van der Waals surface area contributed by atoms with Crippen molar-refractivity contribution < 1.29 is 14.3 Å². The average molecular weight is 370 g/mol. The molecule has 144 valence electrons. The number of hydrogen-bond donors (Lipinski definition) is 1. The van der Waals surface area contributed by atoms with Crippen LogP contribution in [0.1, 0.15) is 36.9 Å². The van der Waals surface area contributed by atoms with Gasteiger partial charge in [-0.15, -0.1) is 0 Å². The van der Waals surface area contributed by atoms with Gasteiger partial charge in [-0.3, -0.25) is 14.7 Å². The van der Waals surface area contributed by atoms with Crippen molar-refractivity contribution in [3.05, 3.63) is 29.6 Å². The Hall–Kier alpha value is -2.15.